The molecule has 5 heteroatoms. The van der Waals surface area contributed by atoms with Crippen LogP contribution in [0.15, 0.2) is 17.5 Å². The van der Waals surface area contributed by atoms with E-state index in [0.717, 1.165) is 26.2 Å². The Morgan fingerprint density at radius 2 is 2.43 bits per heavy atom. The van der Waals surface area contributed by atoms with E-state index in [1.165, 1.54) is 37.2 Å². The minimum atomic E-state index is 0. The van der Waals surface area contributed by atoms with Crippen LogP contribution < -0.4 is 5.32 Å². The van der Waals surface area contributed by atoms with Gasteiger partial charge in [0.2, 0.25) is 0 Å². The van der Waals surface area contributed by atoms with E-state index in [9.17, 15) is 0 Å². The maximum Gasteiger partial charge on any atom is 0.0702 e. The Balaban J connectivity index is 0.00000161. The van der Waals surface area contributed by atoms with Gasteiger partial charge in [0.05, 0.1) is 6.10 Å². The van der Waals surface area contributed by atoms with Crippen molar-refractivity contribution >= 4 is 23.7 Å². The van der Waals surface area contributed by atoms with Gasteiger partial charge in [0, 0.05) is 37.7 Å². The molecule has 0 spiro atoms. The lowest BCUT2D eigenvalue weighted by molar-refractivity contribution is 0.0563. The first-order valence-corrected chi connectivity index (χ1v) is 8.69. The second-order valence-electron chi connectivity index (χ2n) is 6.62. The van der Waals surface area contributed by atoms with E-state index in [4.69, 9.17) is 4.74 Å². The van der Waals surface area contributed by atoms with Crippen molar-refractivity contribution in [2.75, 3.05) is 32.8 Å². The van der Waals surface area contributed by atoms with Gasteiger partial charge >= 0.3 is 0 Å². The zero-order valence-electron chi connectivity index (χ0n) is 12.8. The summed E-state index contributed by atoms with van der Waals surface area (Å²) in [6.07, 6.45) is 4.21. The van der Waals surface area contributed by atoms with E-state index in [2.05, 4.69) is 34.7 Å². The molecule has 3 heterocycles. The number of nitrogens with zero attached hydrogens (tertiary/aromatic N) is 1. The molecule has 0 saturated carbocycles. The summed E-state index contributed by atoms with van der Waals surface area (Å²) in [7, 11) is 0. The number of hydrogen-bond donors (Lipinski definition) is 1. The van der Waals surface area contributed by atoms with Crippen LogP contribution in [0.5, 0.6) is 0 Å². The first-order chi connectivity index (χ1) is 9.73. The van der Waals surface area contributed by atoms with Gasteiger partial charge in [-0.15, -0.1) is 23.7 Å². The third kappa shape index (κ3) is 4.93. The Bertz CT molecular complexity index is 400. The van der Waals surface area contributed by atoms with Crippen LogP contribution in [0, 0.1) is 5.41 Å². The smallest absolute Gasteiger partial charge is 0.0702 e. The van der Waals surface area contributed by atoms with Gasteiger partial charge in [-0.05, 0) is 42.7 Å². The summed E-state index contributed by atoms with van der Waals surface area (Å²) in [5.41, 5.74) is 0.426. The average molecular weight is 331 g/mol. The van der Waals surface area contributed by atoms with Gasteiger partial charge in [0.25, 0.3) is 0 Å². The van der Waals surface area contributed by atoms with Crippen molar-refractivity contribution in [3.05, 3.63) is 22.4 Å². The largest absolute Gasteiger partial charge is 0.377 e. The minimum Gasteiger partial charge on any atom is -0.377 e. The molecule has 1 aromatic heterocycles. The summed E-state index contributed by atoms with van der Waals surface area (Å²) in [5, 5.41) is 5.69. The van der Waals surface area contributed by atoms with Gasteiger partial charge in [0.15, 0.2) is 0 Å². The number of ether oxygens (including phenoxy) is 1. The first-order valence-electron chi connectivity index (χ1n) is 7.81. The molecule has 0 radical (unpaired) electrons. The van der Waals surface area contributed by atoms with E-state index in [-0.39, 0.29) is 12.4 Å². The van der Waals surface area contributed by atoms with Crippen LogP contribution in [0.25, 0.3) is 0 Å². The van der Waals surface area contributed by atoms with Gasteiger partial charge in [-0.2, -0.15) is 0 Å². The van der Waals surface area contributed by atoms with Gasteiger partial charge in [-0.25, -0.2) is 0 Å². The summed E-state index contributed by atoms with van der Waals surface area (Å²) >= 11 is 1.87. The highest BCUT2D eigenvalue weighted by molar-refractivity contribution is 7.09. The van der Waals surface area contributed by atoms with E-state index in [1.807, 2.05) is 11.3 Å². The number of hydrogen-bond acceptors (Lipinski definition) is 4. The molecule has 3 nitrogen and oxygen atoms in total. The van der Waals surface area contributed by atoms with Crippen LogP contribution >= 0.6 is 23.7 Å². The fourth-order valence-electron chi connectivity index (χ4n) is 3.43. The minimum absolute atomic E-state index is 0. The SMILES string of the molecule is CC1(CN(Cc2cccs2)CC2CCCO2)CCNC1.Cl. The Labute approximate surface area is 138 Å². The Hall–Kier alpha value is -0.130. The van der Waals surface area contributed by atoms with Crippen LogP contribution in [0.4, 0.5) is 0 Å². The zero-order valence-corrected chi connectivity index (χ0v) is 14.5. The van der Waals surface area contributed by atoms with E-state index in [0.29, 0.717) is 11.5 Å². The van der Waals surface area contributed by atoms with Crippen LogP contribution in [0.2, 0.25) is 0 Å². The second-order valence-corrected chi connectivity index (χ2v) is 7.65. The highest BCUT2D eigenvalue weighted by atomic mass is 35.5. The molecule has 120 valence electrons. The highest BCUT2D eigenvalue weighted by Crippen LogP contribution is 2.28. The van der Waals surface area contributed by atoms with Crippen LogP contribution in [0.1, 0.15) is 31.1 Å². The molecule has 21 heavy (non-hydrogen) atoms. The second kappa shape index (κ2) is 7.93. The fraction of sp³-hybridized carbons (Fsp3) is 0.750. The summed E-state index contributed by atoms with van der Waals surface area (Å²) in [6.45, 7) is 9.04. The van der Waals surface area contributed by atoms with Crippen LogP contribution in [-0.2, 0) is 11.3 Å². The van der Waals surface area contributed by atoms with Crippen molar-refractivity contribution in [3.63, 3.8) is 0 Å². The topological polar surface area (TPSA) is 24.5 Å². The maximum absolute atomic E-state index is 5.85. The Kier molecular flexibility index (Phi) is 6.51. The fourth-order valence-corrected chi connectivity index (χ4v) is 4.17. The zero-order chi connectivity index (χ0) is 13.8. The lowest BCUT2D eigenvalue weighted by Gasteiger charge is -2.33. The van der Waals surface area contributed by atoms with Crippen molar-refractivity contribution in [3.8, 4) is 0 Å². The van der Waals surface area contributed by atoms with Crippen molar-refractivity contribution in [2.45, 2.75) is 38.8 Å². The van der Waals surface area contributed by atoms with Gasteiger partial charge in [0.1, 0.15) is 0 Å². The first kappa shape index (κ1) is 17.2. The average Bonchev–Trinajstić information content (AvgIpc) is 3.12. The predicted molar refractivity (Wildman–Crippen MR) is 91.4 cm³/mol. The molecule has 1 N–H and O–H groups in total. The molecule has 2 unspecified atom stereocenters. The maximum atomic E-state index is 5.85. The normalized spacial score (nSPS) is 29.0. The lowest BCUT2D eigenvalue weighted by Crippen LogP contribution is -2.40. The Morgan fingerprint density at radius 3 is 3.05 bits per heavy atom. The number of halogens is 1. The molecule has 2 aliphatic rings. The van der Waals surface area contributed by atoms with E-state index in [1.54, 1.807) is 0 Å². The number of nitrogens with one attached hydrogen (secondary N) is 1. The molecule has 0 aliphatic carbocycles. The molecule has 2 fully saturated rings. The molecule has 2 atom stereocenters. The summed E-state index contributed by atoms with van der Waals surface area (Å²) in [6, 6.07) is 4.41. The van der Waals surface area contributed by atoms with Gasteiger partial charge in [-0.1, -0.05) is 13.0 Å². The molecule has 3 rings (SSSR count). The Morgan fingerprint density at radius 1 is 1.52 bits per heavy atom. The van der Waals surface area contributed by atoms with E-state index < -0.39 is 0 Å². The quantitative estimate of drug-likeness (QED) is 0.867. The molecule has 2 saturated heterocycles. The number of rotatable bonds is 6. The van der Waals surface area contributed by atoms with Crippen molar-refractivity contribution in [2.24, 2.45) is 5.41 Å². The number of thiophene rings is 1. The predicted octanol–water partition coefficient (Wildman–Crippen LogP) is 3.15. The van der Waals surface area contributed by atoms with Crippen molar-refractivity contribution in [1.29, 1.82) is 0 Å². The highest BCUT2D eigenvalue weighted by Gasteiger charge is 2.32. The standard InChI is InChI=1S/C16H26N2OS.ClH/c1-16(6-7-17-12-16)13-18(10-14-4-2-8-19-14)11-15-5-3-9-20-15;/h3,5,9,14,17H,2,4,6-8,10-13H2,1H3;1H. The van der Waals surface area contributed by atoms with Crippen LogP contribution in [0.3, 0.4) is 0 Å². The molecule has 0 aromatic carbocycles. The van der Waals surface area contributed by atoms with Gasteiger partial charge in [-0.3, -0.25) is 4.90 Å². The lowest BCUT2D eigenvalue weighted by atomic mass is 9.89. The monoisotopic (exact) mass is 330 g/mol. The summed E-state index contributed by atoms with van der Waals surface area (Å²) in [5.74, 6) is 0. The van der Waals surface area contributed by atoms with Crippen molar-refractivity contribution < 1.29 is 4.74 Å². The molecule has 1 aromatic rings. The summed E-state index contributed by atoms with van der Waals surface area (Å²) in [4.78, 5) is 4.09. The third-order valence-electron chi connectivity index (χ3n) is 4.51. The molecule has 2 aliphatic heterocycles. The van der Waals surface area contributed by atoms with Crippen LogP contribution in [-0.4, -0.2) is 43.8 Å². The molecular weight excluding hydrogens is 304 g/mol. The third-order valence-corrected chi connectivity index (χ3v) is 5.37. The van der Waals surface area contributed by atoms with E-state index >= 15 is 0 Å². The molecule has 0 amide bonds. The van der Waals surface area contributed by atoms with Gasteiger partial charge < -0.3 is 10.1 Å². The molecular formula is C16H27ClN2OS. The molecule has 0 bridgehead atoms. The summed E-state index contributed by atoms with van der Waals surface area (Å²) < 4.78 is 5.85. The van der Waals surface area contributed by atoms with Crippen molar-refractivity contribution in [1.82, 2.24) is 10.2 Å².